The smallest absolute Gasteiger partial charge is 0.401 e. The molecule has 2 aromatic carbocycles. The molecule has 2 unspecified atom stereocenters. The van der Waals surface area contributed by atoms with Gasteiger partial charge in [-0.1, -0.05) is 39.0 Å². The van der Waals surface area contributed by atoms with Gasteiger partial charge in [0.25, 0.3) is 0 Å². The van der Waals surface area contributed by atoms with Crippen molar-refractivity contribution >= 4 is 41.7 Å². The summed E-state index contributed by atoms with van der Waals surface area (Å²) in [5.41, 5.74) is 3.08. The van der Waals surface area contributed by atoms with Crippen LogP contribution in [0.3, 0.4) is 0 Å². The number of halogens is 4. The maximum atomic E-state index is 16.1. The lowest BCUT2D eigenvalue weighted by molar-refractivity contribution is -0.155. The molecule has 0 saturated carbocycles. The van der Waals surface area contributed by atoms with E-state index in [-0.39, 0.29) is 10.6 Å². The fraction of sp³-hybridized carbons (Fsp3) is 0.517. The van der Waals surface area contributed by atoms with Gasteiger partial charge in [0.1, 0.15) is 5.82 Å². The molecule has 40 heavy (non-hydrogen) atoms. The number of benzene rings is 2. The zero-order valence-electron chi connectivity index (χ0n) is 24.4. The third kappa shape index (κ3) is 6.07. The maximum absolute atomic E-state index is 16.1. The van der Waals surface area contributed by atoms with Gasteiger partial charge in [0.05, 0.1) is 18.7 Å². The number of hydrogen-bond donors (Lipinski definition) is 1. The number of rotatable bonds is 7. The molecule has 0 aliphatic carbocycles. The van der Waals surface area contributed by atoms with Crippen LogP contribution in [0.1, 0.15) is 68.6 Å². The van der Waals surface area contributed by atoms with Crippen LogP contribution in [0, 0.1) is 5.82 Å². The van der Waals surface area contributed by atoms with E-state index in [4.69, 9.17) is 4.43 Å². The van der Waals surface area contributed by atoms with E-state index in [1.165, 1.54) is 11.0 Å². The second-order valence-corrected chi connectivity index (χ2v) is 18.0. The number of hydrogen-bond acceptors (Lipinski definition) is 3. The van der Waals surface area contributed by atoms with E-state index in [0.717, 1.165) is 16.5 Å². The van der Waals surface area contributed by atoms with Crippen molar-refractivity contribution in [1.82, 2.24) is 9.38 Å². The van der Waals surface area contributed by atoms with E-state index in [2.05, 4.69) is 43.1 Å². The summed E-state index contributed by atoms with van der Waals surface area (Å²) in [6.07, 6.45) is -4.69. The monoisotopic (exact) mass is 594 g/mol. The van der Waals surface area contributed by atoms with Crippen molar-refractivity contribution in [3.63, 3.8) is 0 Å². The minimum atomic E-state index is -4.45. The first-order valence-electron chi connectivity index (χ1n) is 13.7. The molecule has 1 aromatic heterocycles. The molecule has 218 valence electrons. The summed E-state index contributed by atoms with van der Waals surface area (Å²) in [6.45, 7) is 11.6. The summed E-state index contributed by atoms with van der Waals surface area (Å²) >= 11 is 0. The third-order valence-electron chi connectivity index (χ3n) is 8.78. The van der Waals surface area contributed by atoms with E-state index >= 15 is 4.39 Å². The molecule has 4 nitrogen and oxygen atoms in total. The molecule has 0 radical (unpaired) electrons. The van der Waals surface area contributed by atoms with Crippen molar-refractivity contribution in [2.24, 2.45) is 0 Å². The van der Waals surface area contributed by atoms with Crippen molar-refractivity contribution in [1.29, 1.82) is 0 Å². The van der Waals surface area contributed by atoms with Crippen LogP contribution in [-0.4, -0.2) is 56.2 Å². The van der Waals surface area contributed by atoms with Crippen LogP contribution < -0.4 is 5.30 Å². The molecule has 1 aliphatic rings. The largest absolute Gasteiger partial charge is 0.417 e. The third-order valence-corrected chi connectivity index (χ3v) is 13.8. The molecule has 0 amide bonds. The molecule has 4 rings (SSSR count). The van der Waals surface area contributed by atoms with Crippen molar-refractivity contribution in [3.8, 4) is 0 Å². The Labute approximate surface area is 238 Å². The minimum Gasteiger partial charge on any atom is -0.417 e. The quantitative estimate of drug-likeness (QED) is 0.207. The average molecular weight is 595 g/mol. The molecule has 2 heterocycles. The number of aliphatic hydroxyl groups excluding tert-OH is 1. The van der Waals surface area contributed by atoms with Gasteiger partial charge < -0.3 is 14.0 Å². The highest BCUT2D eigenvalue weighted by atomic mass is 31.0. The van der Waals surface area contributed by atoms with Crippen molar-refractivity contribution in [3.05, 3.63) is 64.6 Å². The van der Waals surface area contributed by atoms with Crippen LogP contribution in [0.2, 0.25) is 18.1 Å². The number of aromatic nitrogens is 1. The Morgan fingerprint density at radius 1 is 1.18 bits per heavy atom. The van der Waals surface area contributed by atoms with Gasteiger partial charge in [-0.2, -0.15) is 13.2 Å². The number of para-hydroxylation sites is 1. The number of alkyl halides is 3. The van der Waals surface area contributed by atoms with E-state index in [0.29, 0.717) is 36.0 Å². The molecule has 1 aliphatic heterocycles. The highest BCUT2D eigenvalue weighted by Crippen LogP contribution is 2.44. The molecule has 0 fully saturated rings. The molecule has 11 heteroatoms. The van der Waals surface area contributed by atoms with Gasteiger partial charge in [0.2, 0.25) is 7.98 Å². The molecule has 0 spiro atoms. The van der Waals surface area contributed by atoms with Crippen LogP contribution in [0.5, 0.6) is 0 Å². The van der Waals surface area contributed by atoms with Gasteiger partial charge >= 0.3 is 6.18 Å². The summed E-state index contributed by atoms with van der Waals surface area (Å²) in [6, 6.07) is 9.25. The Morgan fingerprint density at radius 3 is 2.42 bits per heavy atom. The maximum Gasteiger partial charge on any atom is 0.401 e. The molecule has 0 saturated heterocycles. The lowest BCUT2D eigenvalue weighted by Crippen LogP contribution is -2.48. The predicted octanol–water partition coefficient (Wildman–Crippen LogP) is 6.02. The van der Waals surface area contributed by atoms with Gasteiger partial charge in [0, 0.05) is 34.8 Å². The average Bonchev–Trinajstić information content (AvgIpc) is 3.10. The van der Waals surface area contributed by atoms with Crippen LogP contribution in [0.4, 0.5) is 17.6 Å². The first-order chi connectivity index (χ1) is 18.4. The summed E-state index contributed by atoms with van der Waals surface area (Å²) in [5, 5.41) is 12.3. The number of nitrogens with zero attached hydrogens (tertiary/aromatic N) is 2. The van der Waals surface area contributed by atoms with E-state index in [1.807, 2.05) is 36.7 Å². The second-order valence-electron chi connectivity index (χ2n) is 12.6. The molecule has 3 aromatic rings. The number of aliphatic hydroxyl groups is 1. The zero-order chi connectivity index (χ0) is 29.8. The Bertz CT molecular complexity index is 1370. The Balaban J connectivity index is 1.74. The number of fused-ring (bicyclic) bond motifs is 3. The highest BCUT2D eigenvalue weighted by Gasteiger charge is 2.44. The van der Waals surface area contributed by atoms with Gasteiger partial charge in [-0.25, -0.2) is 4.39 Å². The predicted molar refractivity (Wildman–Crippen MR) is 162 cm³/mol. The van der Waals surface area contributed by atoms with Crippen molar-refractivity contribution in [2.45, 2.75) is 83.0 Å². The Kier molecular flexibility index (Phi) is 8.73. The Hall–Kier alpha value is -1.71. The summed E-state index contributed by atoms with van der Waals surface area (Å²) in [5.74, 6) is -0.630. The van der Waals surface area contributed by atoms with E-state index in [1.54, 1.807) is 13.0 Å². The van der Waals surface area contributed by atoms with Gasteiger partial charge in [-0.15, -0.1) is 9.24 Å². The lowest BCUT2D eigenvalue weighted by Gasteiger charge is -2.42. The minimum absolute atomic E-state index is 0.0267. The standard InChI is InChI=1S/C29H40BF4N2O2PSi/c1-17-13-20-19-9-7-8-10-22(19)36(30)26(20)27(35(17)16-29(32,33)34)25-21(31)14-18(15-24(25)39)23(37)11-12-38-40(5,6)28(2,3)4/h7-10,14-15,17,23,27,37H,11-13,16,30,39H2,1-6H3/t17-,23?,27-/m1/s1. The SMILES string of the molecule is Bn1c2c(c3ccccc31)C[C@@H](C)N(CC(F)(F)F)[C@@H]2c1c(F)cc(C(O)CCO[Si](C)(C)C(C)(C)C)cc1P. The topological polar surface area (TPSA) is 37.6 Å². The van der Waals surface area contributed by atoms with Crippen LogP contribution >= 0.6 is 9.24 Å². The van der Waals surface area contributed by atoms with Crippen LogP contribution in [0.15, 0.2) is 36.4 Å². The van der Waals surface area contributed by atoms with E-state index < -0.39 is 45.0 Å². The lowest BCUT2D eigenvalue weighted by atomic mass is 9.87. The fourth-order valence-corrected chi connectivity index (χ4v) is 7.14. The molecular formula is C29H40BF4N2O2PSi. The molecule has 4 atom stereocenters. The highest BCUT2D eigenvalue weighted by molar-refractivity contribution is 7.27. The van der Waals surface area contributed by atoms with Gasteiger partial charge in [0.15, 0.2) is 8.32 Å². The normalized spacial score (nSPS) is 19.7. The van der Waals surface area contributed by atoms with Gasteiger partial charge in [-0.05, 0) is 72.5 Å². The van der Waals surface area contributed by atoms with E-state index in [9.17, 15) is 18.3 Å². The fourth-order valence-electron chi connectivity index (χ4n) is 5.59. The van der Waals surface area contributed by atoms with Gasteiger partial charge in [-0.3, -0.25) is 4.90 Å². The zero-order valence-corrected chi connectivity index (χ0v) is 26.5. The first-order valence-corrected chi connectivity index (χ1v) is 17.2. The summed E-state index contributed by atoms with van der Waals surface area (Å²) in [7, 11) is 2.33. The Morgan fingerprint density at radius 2 is 1.82 bits per heavy atom. The van der Waals surface area contributed by atoms with Crippen molar-refractivity contribution in [2.75, 3.05) is 13.2 Å². The summed E-state index contributed by atoms with van der Waals surface area (Å²) in [4.78, 5) is 1.36. The van der Waals surface area contributed by atoms with Crippen molar-refractivity contribution < 1.29 is 27.1 Å². The van der Waals surface area contributed by atoms with Crippen LogP contribution in [-0.2, 0) is 10.8 Å². The molecular weight excluding hydrogens is 554 g/mol. The molecule has 1 N–H and O–H groups in total. The first kappa shape index (κ1) is 31.2. The van der Waals surface area contributed by atoms with Crippen LogP contribution in [0.25, 0.3) is 10.9 Å². The molecule has 0 bridgehead atoms. The second kappa shape index (κ2) is 11.2. The summed E-state index contributed by atoms with van der Waals surface area (Å²) < 4.78 is 65.7.